The van der Waals surface area contributed by atoms with Gasteiger partial charge in [-0.1, -0.05) is 17.7 Å². The number of rotatable bonds is 3. The van der Waals surface area contributed by atoms with Gasteiger partial charge in [0.1, 0.15) is 6.04 Å². The molecule has 2 unspecified atom stereocenters. The topological polar surface area (TPSA) is 58.4 Å². The Morgan fingerprint density at radius 2 is 2.33 bits per heavy atom. The van der Waals surface area contributed by atoms with Gasteiger partial charge in [-0.05, 0) is 38.1 Å². The number of benzene rings is 1. The van der Waals surface area contributed by atoms with Gasteiger partial charge in [0.2, 0.25) is 5.91 Å². The molecule has 5 heteroatoms. The summed E-state index contributed by atoms with van der Waals surface area (Å²) >= 11 is 6.02. The third-order valence-electron chi connectivity index (χ3n) is 3.23. The van der Waals surface area contributed by atoms with Crippen molar-refractivity contribution in [2.24, 2.45) is 5.73 Å². The Bertz CT molecular complexity index is 438. The minimum atomic E-state index is -0.211. The van der Waals surface area contributed by atoms with Crippen molar-refractivity contribution in [2.75, 3.05) is 18.0 Å². The standard InChI is InChI=1S/C13H18ClN3O/c1-9-8-16-13(18)12(5-6-15)17(9)11-4-2-3-10(14)7-11/h2-4,7,9,12H,5-6,8,15H2,1H3,(H,16,18). The quantitative estimate of drug-likeness (QED) is 0.870. The number of carbonyl (C=O) groups excluding carboxylic acids is 1. The van der Waals surface area contributed by atoms with Crippen LogP contribution >= 0.6 is 11.6 Å². The molecule has 1 fully saturated rings. The van der Waals surface area contributed by atoms with Crippen LogP contribution in [-0.2, 0) is 4.79 Å². The number of anilines is 1. The second kappa shape index (κ2) is 5.59. The zero-order valence-electron chi connectivity index (χ0n) is 10.4. The molecule has 0 saturated carbocycles. The van der Waals surface area contributed by atoms with Gasteiger partial charge in [-0.3, -0.25) is 4.79 Å². The summed E-state index contributed by atoms with van der Waals surface area (Å²) in [5.41, 5.74) is 6.58. The van der Waals surface area contributed by atoms with Crippen molar-refractivity contribution in [1.82, 2.24) is 5.32 Å². The average molecular weight is 268 g/mol. The number of hydrogen-bond acceptors (Lipinski definition) is 3. The highest BCUT2D eigenvalue weighted by atomic mass is 35.5. The number of amides is 1. The summed E-state index contributed by atoms with van der Waals surface area (Å²) in [5.74, 6) is 0.0403. The zero-order valence-corrected chi connectivity index (χ0v) is 11.2. The fourth-order valence-corrected chi connectivity index (χ4v) is 2.58. The highest BCUT2D eigenvalue weighted by molar-refractivity contribution is 6.30. The van der Waals surface area contributed by atoms with Gasteiger partial charge in [-0.2, -0.15) is 0 Å². The van der Waals surface area contributed by atoms with Gasteiger partial charge < -0.3 is 16.0 Å². The number of nitrogens with two attached hydrogens (primary N) is 1. The van der Waals surface area contributed by atoms with E-state index in [1.165, 1.54) is 0 Å². The number of halogens is 1. The second-order valence-corrected chi connectivity index (χ2v) is 5.01. The van der Waals surface area contributed by atoms with E-state index in [2.05, 4.69) is 17.1 Å². The molecule has 18 heavy (non-hydrogen) atoms. The summed E-state index contributed by atoms with van der Waals surface area (Å²) in [6.45, 7) is 3.22. The van der Waals surface area contributed by atoms with Gasteiger partial charge in [0.25, 0.3) is 0 Å². The molecule has 1 heterocycles. The first kappa shape index (κ1) is 13.2. The van der Waals surface area contributed by atoms with Crippen LogP contribution in [0.2, 0.25) is 5.02 Å². The molecule has 1 amide bonds. The lowest BCUT2D eigenvalue weighted by atomic mass is 10.0. The molecule has 3 N–H and O–H groups in total. The molecule has 2 atom stereocenters. The Balaban J connectivity index is 2.33. The van der Waals surface area contributed by atoms with Crippen LogP contribution in [0, 0.1) is 0 Å². The maximum absolute atomic E-state index is 12.0. The molecule has 0 radical (unpaired) electrons. The van der Waals surface area contributed by atoms with Gasteiger partial charge >= 0.3 is 0 Å². The van der Waals surface area contributed by atoms with E-state index in [1.807, 2.05) is 24.3 Å². The van der Waals surface area contributed by atoms with E-state index in [1.54, 1.807) is 0 Å². The van der Waals surface area contributed by atoms with Crippen molar-refractivity contribution in [3.8, 4) is 0 Å². The third-order valence-corrected chi connectivity index (χ3v) is 3.47. The molecule has 0 aromatic heterocycles. The van der Waals surface area contributed by atoms with Crippen molar-refractivity contribution in [3.63, 3.8) is 0 Å². The van der Waals surface area contributed by atoms with E-state index >= 15 is 0 Å². The highest BCUT2D eigenvalue weighted by Gasteiger charge is 2.33. The van der Waals surface area contributed by atoms with E-state index in [4.69, 9.17) is 17.3 Å². The number of nitrogens with zero attached hydrogens (tertiary/aromatic N) is 1. The minimum Gasteiger partial charge on any atom is -0.355 e. The summed E-state index contributed by atoms with van der Waals surface area (Å²) in [4.78, 5) is 14.1. The van der Waals surface area contributed by atoms with Crippen LogP contribution in [0.15, 0.2) is 24.3 Å². The van der Waals surface area contributed by atoms with Crippen LogP contribution < -0.4 is 16.0 Å². The summed E-state index contributed by atoms with van der Waals surface area (Å²) in [6, 6.07) is 7.62. The van der Waals surface area contributed by atoms with E-state index in [9.17, 15) is 4.79 Å². The molecular formula is C13H18ClN3O. The number of carbonyl (C=O) groups is 1. The largest absolute Gasteiger partial charge is 0.355 e. The normalized spacial score (nSPS) is 23.9. The van der Waals surface area contributed by atoms with E-state index in [0.29, 0.717) is 24.5 Å². The van der Waals surface area contributed by atoms with Crippen LogP contribution in [0.3, 0.4) is 0 Å². The lowest BCUT2D eigenvalue weighted by Gasteiger charge is -2.41. The van der Waals surface area contributed by atoms with Crippen molar-refractivity contribution < 1.29 is 4.79 Å². The SMILES string of the molecule is CC1CNC(=O)C(CCN)N1c1cccc(Cl)c1. The minimum absolute atomic E-state index is 0.0403. The molecule has 4 nitrogen and oxygen atoms in total. The molecule has 0 spiro atoms. The zero-order chi connectivity index (χ0) is 13.1. The fourth-order valence-electron chi connectivity index (χ4n) is 2.40. The molecular weight excluding hydrogens is 250 g/mol. The predicted molar refractivity (Wildman–Crippen MR) is 73.9 cm³/mol. The Labute approximate surface area is 112 Å². The number of hydrogen-bond donors (Lipinski definition) is 2. The maximum Gasteiger partial charge on any atom is 0.242 e. The van der Waals surface area contributed by atoms with Gasteiger partial charge in [0.05, 0.1) is 0 Å². The first-order valence-corrected chi connectivity index (χ1v) is 6.53. The van der Waals surface area contributed by atoms with Gasteiger partial charge in [0.15, 0.2) is 0 Å². The Morgan fingerprint density at radius 3 is 3.00 bits per heavy atom. The summed E-state index contributed by atoms with van der Waals surface area (Å²) in [5, 5.41) is 3.59. The predicted octanol–water partition coefficient (Wildman–Crippen LogP) is 1.38. The van der Waals surface area contributed by atoms with Crippen LogP contribution in [0.4, 0.5) is 5.69 Å². The van der Waals surface area contributed by atoms with Crippen molar-refractivity contribution in [3.05, 3.63) is 29.3 Å². The van der Waals surface area contributed by atoms with E-state index in [-0.39, 0.29) is 18.0 Å². The van der Waals surface area contributed by atoms with Crippen LogP contribution in [0.1, 0.15) is 13.3 Å². The Hall–Kier alpha value is -1.26. The summed E-state index contributed by atoms with van der Waals surface area (Å²) < 4.78 is 0. The fraction of sp³-hybridized carbons (Fsp3) is 0.462. The number of nitrogens with one attached hydrogen (secondary N) is 1. The Morgan fingerprint density at radius 1 is 1.56 bits per heavy atom. The van der Waals surface area contributed by atoms with Gasteiger partial charge in [0, 0.05) is 23.3 Å². The van der Waals surface area contributed by atoms with E-state index < -0.39 is 0 Å². The van der Waals surface area contributed by atoms with Crippen LogP contribution in [0.5, 0.6) is 0 Å². The Kier molecular flexibility index (Phi) is 4.09. The lowest BCUT2D eigenvalue weighted by Crippen LogP contribution is -2.60. The van der Waals surface area contributed by atoms with Crippen molar-refractivity contribution in [1.29, 1.82) is 0 Å². The second-order valence-electron chi connectivity index (χ2n) is 4.57. The first-order chi connectivity index (χ1) is 8.63. The molecule has 1 aliphatic rings. The molecule has 1 saturated heterocycles. The van der Waals surface area contributed by atoms with Crippen molar-refractivity contribution >= 4 is 23.2 Å². The third kappa shape index (κ3) is 2.60. The molecule has 1 aromatic rings. The monoisotopic (exact) mass is 267 g/mol. The maximum atomic E-state index is 12.0. The van der Waals surface area contributed by atoms with Crippen LogP contribution in [-0.4, -0.2) is 31.1 Å². The summed E-state index contributed by atoms with van der Waals surface area (Å²) in [7, 11) is 0. The molecule has 0 bridgehead atoms. The molecule has 1 aliphatic heterocycles. The van der Waals surface area contributed by atoms with Crippen LogP contribution in [0.25, 0.3) is 0 Å². The van der Waals surface area contributed by atoms with Crippen molar-refractivity contribution in [2.45, 2.75) is 25.4 Å². The van der Waals surface area contributed by atoms with Gasteiger partial charge in [-0.25, -0.2) is 0 Å². The summed E-state index contributed by atoms with van der Waals surface area (Å²) in [6.07, 6.45) is 0.642. The number of piperazine rings is 1. The first-order valence-electron chi connectivity index (χ1n) is 6.15. The molecule has 98 valence electrons. The average Bonchev–Trinajstić information content (AvgIpc) is 2.34. The van der Waals surface area contributed by atoms with E-state index in [0.717, 1.165) is 5.69 Å². The molecule has 1 aromatic carbocycles. The molecule has 0 aliphatic carbocycles. The molecule has 2 rings (SSSR count). The highest BCUT2D eigenvalue weighted by Crippen LogP contribution is 2.26. The lowest BCUT2D eigenvalue weighted by molar-refractivity contribution is -0.123. The van der Waals surface area contributed by atoms with Gasteiger partial charge in [-0.15, -0.1) is 0 Å². The smallest absolute Gasteiger partial charge is 0.242 e.